The van der Waals surface area contributed by atoms with Crippen LogP contribution in [0, 0.1) is 6.92 Å². The molecule has 0 fully saturated rings. The van der Waals surface area contributed by atoms with Crippen molar-refractivity contribution in [1.29, 1.82) is 0 Å². The van der Waals surface area contributed by atoms with Crippen LogP contribution in [0.5, 0.6) is 11.5 Å². The third-order valence-corrected chi connectivity index (χ3v) is 4.84. The second-order valence-electron chi connectivity index (χ2n) is 6.73. The van der Waals surface area contributed by atoms with Gasteiger partial charge < -0.3 is 20.1 Å². The summed E-state index contributed by atoms with van der Waals surface area (Å²) in [5.74, 6) is -0.599. The van der Waals surface area contributed by atoms with Crippen molar-refractivity contribution in [2.45, 2.75) is 6.92 Å². The number of hydrogen-bond donors (Lipinski definition) is 2. The van der Waals surface area contributed by atoms with Crippen LogP contribution in [0.25, 0.3) is 0 Å². The number of carbonyl (C=O) groups excluding carboxylic acids is 2. The van der Waals surface area contributed by atoms with Crippen LogP contribution < -0.4 is 15.0 Å². The van der Waals surface area contributed by atoms with E-state index in [1.807, 2.05) is 31.2 Å². The van der Waals surface area contributed by atoms with Crippen molar-refractivity contribution in [3.63, 3.8) is 0 Å². The lowest BCUT2D eigenvalue weighted by Crippen LogP contribution is -2.27. The van der Waals surface area contributed by atoms with Crippen molar-refractivity contribution in [1.82, 2.24) is 0 Å². The van der Waals surface area contributed by atoms with Gasteiger partial charge in [-0.05, 0) is 49.4 Å². The van der Waals surface area contributed by atoms with E-state index in [0.717, 1.165) is 5.56 Å². The number of nitrogens with zero attached hydrogens (tertiary/aromatic N) is 1. The number of amides is 2. The molecule has 0 radical (unpaired) electrons. The summed E-state index contributed by atoms with van der Waals surface area (Å²) in [7, 11) is 2.95. The van der Waals surface area contributed by atoms with E-state index < -0.39 is 5.91 Å². The fourth-order valence-electron chi connectivity index (χ4n) is 2.92. The Balaban J connectivity index is 1.85. The summed E-state index contributed by atoms with van der Waals surface area (Å²) in [6.07, 6.45) is 0. The quantitative estimate of drug-likeness (QED) is 0.611. The topological polar surface area (TPSA) is 78.9 Å². The van der Waals surface area contributed by atoms with E-state index in [1.54, 1.807) is 18.2 Å². The molecule has 0 atom stereocenters. The third kappa shape index (κ3) is 4.55. The molecule has 0 bridgehead atoms. The molecule has 3 rings (SSSR count). The van der Waals surface area contributed by atoms with Crippen LogP contribution in [0.4, 0.5) is 11.4 Å². The highest BCUT2D eigenvalue weighted by Crippen LogP contribution is 2.31. The molecule has 0 saturated carbocycles. The predicted octanol–water partition coefficient (Wildman–Crippen LogP) is 4.89. The largest absolute Gasteiger partial charge is 0.506 e. The van der Waals surface area contributed by atoms with E-state index >= 15 is 0 Å². The number of hydrogen-bond acceptors (Lipinski definition) is 4. The molecule has 30 heavy (non-hydrogen) atoms. The molecule has 6 nitrogen and oxygen atoms in total. The van der Waals surface area contributed by atoms with Gasteiger partial charge >= 0.3 is 0 Å². The summed E-state index contributed by atoms with van der Waals surface area (Å²) in [5.41, 5.74) is 2.66. The Hall–Kier alpha value is -3.51. The number of nitrogens with one attached hydrogen (secondary N) is 1. The summed E-state index contributed by atoms with van der Waals surface area (Å²) in [6.45, 7) is 1.97. The average Bonchev–Trinajstić information content (AvgIpc) is 2.74. The second-order valence-corrected chi connectivity index (χ2v) is 7.17. The molecule has 0 aliphatic rings. The second kappa shape index (κ2) is 8.88. The van der Waals surface area contributed by atoms with Crippen LogP contribution in [0.1, 0.15) is 26.3 Å². The fraction of sp³-hybridized carbons (Fsp3) is 0.130. The van der Waals surface area contributed by atoms with E-state index in [-0.39, 0.29) is 23.0 Å². The van der Waals surface area contributed by atoms with Crippen LogP contribution >= 0.6 is 11.6 Å². The van der Waals surface area contributed by atoms with E-state index in [9.17, 15) is 14.7 Å². The van der Waals surface area contributed by atoms with Gasteiger partial charge in [-0.1, -0.05) is 29.3 Å². The zero-order chi connectivity index (χ0) is 21.8. The number of methoxy groups -OCH3 is 1. The Morgan fingerprint density at radius 2 is 1.73 bits per heavy atom. The first-order valence-electron chi connectivity index (χ1n) is 9.13. The Morgan fingerprint density at radius 1 is 1.03 bits per heavy atom. The number of anilines is 2. The molecule has 0 spiro atoms. The Labute approximate surface area is 179 Å². The normalized spacial score (nSPS) is 10.4. The Morgan fingerprint density at radius 3 is 2.37 bits per heavy atom. The summed E-state index contributed by atoms with van der Waals surface area (Å²) in [6, 6.07) is 16.5. The van der Waals surface area contributed by atoms with Crippen LogP contribution in [-0.4, -0.2) is 31.1 Å². The third-order valence-electron chi connectivity index (χ3n) is 4.61. The van der Waals surface area contributed by atoms with E-state index in [1.165, 1.54) is 37.3 Å². The van der Waals surface area contributed by atoms with Crippen molar-refractivity contribution in [2.24, 2.45) is 0 Å². The maximum atomic E-state index is 13.0. The summed E-state index contributed by atoms with van der Waals surface area (Å²) >= 11 is 5.86. The van der Waals surface area contributed by atoms with Crippen LogP contribution in [0.3, 0.4) is 0 Å². The minimum Gasteiger partial charge on any atom is -0.506 e. The summed E-state index contributed by atoms with van der Waals surface area (Å²) in [5, 5.41) is 13.3. The molecule has 3 aromatic carbocycles. The van der Waals surface area contributed by atoms with Crippen molar-refractivity contribution in [2.75, 3.05) is 24.4 Å². The van der Waals surface area contributed by atoms with E-state index in [4.69, 9.17) is 16.3 Å². The molecule has 0 saturated heterocycles. The zero-order valence-electron chi connectivity index (χ0n) is 16.8. The van der Waals surface area contributed by atoms with Gasteiger partial charge in [-0.15, -0.1) is 0 Å². The average molecular weight is 425 g/mol. The highest BCUT2D eigenvalue weighted by atomic mass is 35.5. The highest BCUT2D eigenvalue weighted by molar-refractivity contribution is 6.30. The maximum absolute atomic E-state index is 13.0. The molecule has 0 heterocycles. The van der Waals surface area contributed by atoms with Gasteiger partial charge in [0.05, 0.1) is 18.4 Å². The molecular formula is C23H21ClN2O4. The van der Waals surface area contributed by atoms with Gasteiger partial charge in [0, 0.05) is 29.4 Å². The molecular weight excluding hydrogens is 404 g/mol. The molecule has 2 amide bonds. The number of phenols is 1. The maximum Gasteiger partial charge on any atom is 0.261 e. The molecule has 0 unspecified atom stereocenters. The minimum atomic E-state index is -0.407. The fourth-order valence-corrected chi connectivity index (χ4v) is 3.09. The first-order valence-corrected chi connectivity index (χ1v) is 9.50. The monoisotopic (exact) mass is 424 g/mol. The van der Waals surface area contributed by atoms with E-state index in [2.05, 4.69) is 5.32 Å². The number of halogens is 1. The van der Waals surface area contributed by atoms with Gasteiger partial charge in [0.15, 0.2) is 0 Å². The molecule has 3 aromatic rings. The number of benzene rings is 3. The SMILES string of the molecule is COc1cc(C(=O)Nc2ccc(C)cc2)ccc1C(=O)N(C)c1ccc(Cl)cc1O. The summed E-state index contributed by atoms with van der Waals surface area (Å²) < 4.78 is 5.35. The molecule has 7 heteroatoms. The number of rotatable bonds is 5. The summed E-state index contributed by atoms with van der Waals surface area (Å²) in [4.78, 5) is 26.8. The zero-order valence-corrected chi connectivity index (χ0v) is 17.5. The Bertz CT molecular complexity index is 1100. The Kier molecular flexibility index (Phi) is 6.28. The number of aromatic hydroxyl groups is 1. The van der Waals surface area contributed by atoms with Gasteiger partial charge in [-0.2, -0.15) is 0 Å². The van der Waals surface area contributed by atoms with Crippen LogP contribution in [0.15, 0.2) is 60.7 Å². The lowest BCUT2D eigenvalue weighted by Gasteiger charge is -2.20. The van der Waals surface area contributed by atoms with Crippen molar-refractivity contribution < 1.29 is 19.4 Å². The minimum absolute atomic E-state index is 0.119. The molecule has 0 aliphatic heterocycles. The number of phenolic OH excluding ortho intramolecular Hbond substituents is 1. The lowest BCUT2D eigenvalue weighted by molar-refractivity contribution is 0.0985. The van der Waals surface area contributed by atoms with Gasteiger partial charge in [0.2, 0.25) is 0 Å². The van der Waals surface area contributed by atoms with Gasteiger partial charge in [-0.3, -0.25) is 9.59 Å². The number of carbonyl (C=O) groups is 2. The molecule has 0 aromatic heterocycles. The van der Waals surface area contributed by atoms with E-state index in [0.29, 0.717) is 22.0 Å². The standard InChI is InChI=1S/C23H21ClN2O4/c1-14-4-8-17(9-5-14)25-22(28)15-6-10-18(21(12-15)30-3)23(29)26(2)19-11-7-16(24)13-20(19)27/h4-13,27H,1-3H3,(H,25,28). The van der Waals surface area contributed by atoms with Crippen molar-refractivity contribution in [3.8, 4) is 11.5 Å². The predicted molar refractivity (Wildman–Crippen MR) is 118 cm³/mol. The first-order chi connectivity index (χ1) is 14.3. The van der Waals surface area contributed by atoms with Gasteiger partial charge in [0.1, 0.15) is 11.5 Å². The first kappa shape index (κ1) is 21.2. The number of ether oxygens (including phenoxy) is 1. The highest BCUT2D eigenvalue weighted by Gasteiger charge is 2.21. The molecule has 154 valence electrons. The number of aryl methyl sites for hydroxylation is 1. The van der Waals surface area contributed by atoms with Crippen molar-refractivity contribution >= 4 is 34.8 Å². The molecule has 2 N–H and O–H groups in total. The van der Waals surface area contributed by atoms with Crippen LogP contribution in [-0.2, 0) is 0 Å². The van der Waals surface area contributed by atoms with Gasteiger partial charge in [0.25, 0.3) is 11.8 Å². The van der Waals surface area contributed by atoms with Gasteiger partial charge in [-0.25, -0.2) is 0 Å². The smallest absolute Gasteiger partial charge is 0.261 e. The lowest BCUT2D eigenvalue weighted by atomic mass is 10.1. The van der Waals surface area contributed by atoms with Crippen LogP contribution in [0.2, 0.25) is 5.02 Å². The van der Waals surface area contributed by atoms with Crippen molar-refractivity contribution in [3.05, 3.63) is 82.4 Å². The molecule has 0 aliphatic carbocycles.